The van der Waals surface area contributed by atoms with Crippen LogP contribution in [0.15, 0.2) is 29.0 Å². The van der Waals surface area contributed by atoms with Crippen LogP contribution in [0, 0.1) is 0 Å². The molecule has 0 saturated heterocycles. The SMILES string of the molecule is CCCc1nc(CN(CC)C(=O)Cc2cccnc2)no1. The highest BCUT2D eigenvalue weighted by molar-refractivity contribution is 5.78. The lowest BCUT2D eigenvalue weighted by Gasteiger charge is -2.18. The van der Waals surface area contributed by atoms with Gasteiger partial charge in [-0.2, -0.15) is 4.98 Å². The number of carbonyl (C=O) groups is 1. The molecular formula is C15H20N4O2. The molecule has 2 aromatic rings. The van der Waals surface area contributed by atoms with Crippen LogP contribution >= 0.6 is 0 Å². The lowest BCUT2D eigenvalue weighted by molar-refractivity contribution is -0.131. The van der Waals surface area contributed by atoms with Crippen molar-refractivity contribution in [3.05, 3.63) is 41.8 Å². The fourth-order valence-electron chi connectivity index (χ4n) is 2.01. The van der Waals surface area contributed by atoms with E-state index < -0.39 is 0 Å². The summed E-state index contributed by atoms with van der Waals surface area (Å²) < 4.78 is 5.14. The molecule has 0 atom stereocenters. The number of aromatic nitrogens is 3. The zero-order valence-electron chi connectivity index (χ0n) is 12.5. The fraction of sp³-hybridized carbons (Fsp3) is 0.467. The predicted octanol–water partition coefficient (Wildman–Crippen LogP) is 2.01. The molecule has 2 aromatic heterocycles. The van der Waals surface area contributed by atoms with Gasteiger partial charge in [-0.15, -0.1) is 0 Å². The van der Waals surface area contributed by atoms with Gasteiger partial charge in [0.2, 0.25) is 11.8 Å². The van der Waals surface area contributed by atoms with Gasteiger partial charge in [0.05, 0.1) is 13.0 Å². The standard InChI is InChI=1S/C15H20N4O2/c1-3-6-14-17-13(18-21-14)11-19(4-2)15(20)9-12-7-5-8-16-10-12/h5,7-8,10H,3-4,6,9,11H2,1-2H3. The molecule has 6 nitrogen and oxygen atoms in total. The third-order valence-corrected chi connectivity index (χ3v) is 3.12. The van der Waals surface area contributed by atoms with E-state index in [1.807, 2.05) is 19.1 Å². The lowest BCUT2D eigenvalue weighted by Crippen LogP contribution is -2.32. The highest BCUT2D eigenvalue weighted by Crippen LogP contribution is 2.07. The molecule has 112 valence electrons. The molecule has 6 heteroatoms. The maximum absolute atomic E-state index is 12.3. The molecule has 0 aliphatic carbocycles. The normalized spacial score (nSPS) is 10.6. The van der Waals surface area contributed by atoms with Crippen molar-refractivity contribution in [1.29, 1.82) is 0 Å². The van der Waals surface area contributed by atoms with Gasteiger partial charge in [0.25, 0.3) is 0 Å². The molecule has 2 rings (SSSR count). The predicted molar refractivity (Wildman–Crippen MR) is 77.3 cm³/mol. The summed E-state index contributed by atoms with van der Waals surface area (Å²) >= 11 is 0. The van der Waals surface area contributed by atoms with Crippen LogP contribution in [0.2, 0.25) is 0 Å². The number of carbonyl (C=O) groups excluding carboxylic acids is 1. The summed E-state index contributed by atoms with van der Waals surface area (Å²) in [5.41, 5.74) is 0.903. The number of hydrogen-bond acceptors (Lipinski definition) is 5. The Labute approximate surface area is 124 Å². The molecule has 0 spiro atoms. The summed E-state index contributed by atoms with van der Waals surface area (Å²) in [5.74, 6) is 1.22. The van der Waals surface area contributed by atoms with E-state index in [0.29, 0.717) is 31.2 Å². The Balaban J connectivity index is 1.96. The summed E-state index contributed by atoms with van der Waals surface area (Å²) in [6.45, 7) is 4.98. The minimum absolute atomic E-state index is 0.0346. The van der Waals surface area contributed by atoms with Crippen LogP contribution in [-0.4, -0.2) is 32.5 Å². The summed E-state index contributed by atoms with van der Waals surface area (Å²) in [6, 6.07) is 3.72. The van der Waals surface area contributed by atoms with E-state index in [9.17, 15) is 4.79 Å². The number of nitrogens with zero attached hydrogens (tertiary/aromatic N) is 4. The molecule has 0 bridgehead atoms. The molecule has 0 N–H and O–H groups in total. The first-order valence-corrected chi connectivity index (χ1v) is 7.21. The van der Waals surface area contributed by atoms with E-state index in [-0.39, 0.29) is 5.91 Å². The topological polar surface area (TPSA) is 72.1 Å². The molecular weight excluding hydrogens is 268 g/mol. The van der Waals surface area contributed by atoms with Crippen molar-refractivity contribution in [1.82, 2.24) is 20.0 Å². The summed E-state index contributed by atoms with van der Waals surface area (Å²) in [7, 11) is 0. The number of likely N-dealkylation sites (N-methyl/N-ethyl adjacent to an activating group) is 1. The zero-order valence-corrected chi connectivity index (χ0v) is 12.5. The maximum atomic E-state index is 12.3. The Morgan fingerprint density at radius 2 is 2.24 bits per heavy atom. The van der Waals surface area contributed by atoms with Crippen molar-refractivity contribution in [2.45, 2.75) is 39.7 Å². The van der Waals surface area contributed by atoms with Crippen LogP contribution in [0.5, 0.6) is 0 Å². The average Bonchev–Trinajstić information content (AvgIpc) is 2.93. The van der Waals surface area contributed by atoms with Crippen LogP contribution in [0.25, 0.3) is 0 Å². The lowest BCUT2D eigenvalue weighted by atomic mass is 10.2. The van der Waals surface area contributed by atoms with Crippen LogP contribution in [0.3, 0.4) is 0 Å². The van der Waals surface area contributed by atoms with Gasteiger partial charge in [0.1, 0.15) is 0 Å². The van der Waals surface area contributed by atoms with Gasteiger partial charge in [-0.25, -0.2) is 0 Å². The van der Waals surface area contributed by atoms with Gasteiger partial charge >= 0.3 is 0 Å². The first-order valence-electron chi connectivity index (χ1n) is 7.21. The second-order valence-electron chi connectivity index (χ2n) is 4.80. The molecule has 0 aromatic carbocycles. The minimum atomic E-state index is 0.0346. The number of hydrogen-bond donors (Lipinski definition) is 0. The summed E-state index contributed by atoms with van der Waals surface area (Å²) in [4.78, 5) is 22.3. The van der Waals surface area contributed by atoms with E-state index in [4.69, 9.17) is 4.52 Å². The molecule has 0 unspecified atom stereocenters. The number of amides is 1. The average molecular weight is 288 g/mol. The Bertz CT molecular complexity index is 568. The molecule has 1 amide bonds. The Morgan fingerprint density at radius 1 is 1.38 bits per heavy atom. The number of aryl methyl sites for hydroxylation is 1. The van der Waals surface area contributed by atoms with Crippen molar-refractivity contribution in [3.8, 4) is 0 Å². The van der Waals surface area contributed by atoms with E-state index in [0.717, 1.165) is 18.4 Å². The van der Waals surface area contributed by atoms with Crippen molar-refractivity contribution in [2.75, 3.05) is 6.54 Å². The van der Waals surface area contributed by atoms with Crippen LogP contribution in [0.1, 0.15) is 37.5 Å². The first kappa shape index (κ1) is 15.2. The van der Waals surface area contributed by atoms with Gasteiger partial charge in [-0.3, -0.25) is 9.78 Å². The fourth-order valence-corrected chi connectivity index (χ4v) is 2.01. The molecule has 21 heavy (non-hydrogen) atoms. The smallest absolute Gasteiger partial charge is 0.227 e. The largest absolute Gasteiger partial charge is 0.339 e. The summed E-state index contributed by atoms with van der Waals surface area (Å²) in [5, 5.41) is 3.92. The Hall–Kier alpha value is -2.24. The third kappa shape index (κ3) is 4.37. The van der Waals surface area contributed by atoms with Crippen LogP contribution in [-0.2, 0) is 24.2 Å². The van der Waals surface area contributed by atoms with Crippen molar-refractivity contribution in [3.63, 3.8) is 0 Å². The van der Waals surface area contributed by atoms with Crippen molar-refractivity contribution in [2.24, 2.45) is 0 Å². The van der Waals surface area contributed by atoms with Crippen molar-refractivity contribution < 1.29 is 9.32 Å². The van der Waals surface area contributed by atoms with Crippen molar-refractivity contribution >= 4 is 5.91 Å². The maximum Gasteiger partial charge on any atom is 0.227 e. The molecule has 0 aliphatic rings. The van der Waals surface area contributed by atoms with Gasteiger partial charge in [0, 0.05) is 25.4 Å². The van der Waals surface area contributed by atoms with Gasteiger partial charge < -0.3 is 9.42 Å². The number of rotatable bonds is 7. The quantitative estimate of drug-likeness (QED) is 0.779. The molecule has 0 aliphatic heterocycles. The van der Waals surface area contributed by atoms with E-state index in [1.165, 1.54) is 0 Å². The monoisotopic (exact) mass is 288 g/mol. The van der Waals surface area contributed by atoms with E-state index in [2.05, 4.69) is 22.0 Å². The molecule has 0 radical (unpaired) electrons. The molecule has 0 fully saturated rings. The van der Waals surface area contributed by atoms with Crippen LogP contribution < -0.4 is 0 Å². The number of pyridine rings is 1. The van der Waals surface area contributed by atoms with E-state index in [1.54, 1.807) is 17.3 Å². The highest BCUT2D eigenvalue weighted by Gasteiger charge is 2.16. The Kier molecular flexibility index (Phi) is 5.43. The molecule has 0 saturated carbocycles. The zero-order chi connectivity index (χ0) is 15.1. The van der Waals surface area contributed by atoms with E-state index >= 15 is 0 Å². The second kappa shape index (κ2) is 7.52. The van der Waals surface area contributed by atoms with Gasteiger partial charge in [-0.05, 0) is 25.0 Å². The van der Waals surface area contributed by atoms with Gasteiger partial charge in [0.15, 0.2) is 5.82 Å². The summed E-state index contributed by atoms with van der Waals surface area (Å²) in [6.07, 6.45) is 5.46. The second-order valence-corrected chi connectivity index (χ2v) is 4.80. The van der Waals surface area contributed by atoms with Gasteiger partial charge in [-0.1, -0.05) is 18.1 Å². The Morgan fingerprint density at radius 3 is 2.90 bits per heavy atom. The third-order valence-electron chi connectivity index (χ3n) is 3.12. The minimum Gasteiger partial charge on any atom is -0.339 e. The van der Waals surface area contributed by atoms with Crippen LogP contribution in [0.4, 0.5) is 0 Å². The highest BCUT2D eigenvalue weighted by atomic mass is 16.5. The molecule has 2 heterocycles. The first-order chi connectivity index (χ1) is 10.2.